The Bertz CT molecular complexity index is 610. The normalized spacial score (nSPS) is 10.4. The van der Waals surface area contributed by atoms with Crippen LogP contribution in [0, 0.1) is 0 Å². The largest absolute Gasteiger partial charge is 0.504 e. The Labute approximate surface area is 120 Å². The zero-order valence-corrected chi connectivity index (χ0v) is 11.9. The van der Waals surface area contributed by atoms with Gasteiger partial charge in [0.2, 0.25) is 5.91 Å². The third-order valence-corrected chi connectivity index (χ3v) is 3.59. The van der Waals surface area contributed by atoms with Crippen molar-refractivity contribution in [1.29, 1.82) is 0 Å². The van der Waals surface area contributed by atoms with Gasteiger partial charge in [-0.05, 0) is 24.6 Å². The van der Waals surface area contributed by atoms with Crippen molar-refractivity contribution in [3.63, 3.8) is 0 Å². The quantitative estimate of drug-likeness (QED) is 0.740. The van der Waals surface area contributed by atoms with Crippen molar-refractivity contribution in [2.75, 3.05) is 0 Å². The maximum absolute atomic E-state index is 11.4. The van der Waals surface area contributed by atoms with Crippen LogP contribution in [0.3, 0.4) is 0 Å². The molecule has 1 heterocycles. The zero-order chi connectivity index (χ0) is 14.5. The molecular weight excluding hydrogens is 276 g/mol. The molecule has 0 fully saturated rings. The summed E-state index contributed by atoms with van der Waals surface area (Å²) in [7, 11) is 0. The molecule has 0 spiro atoms. The first-order valence-electron chi connectivity index (χ1n) is 6.33. The fourth-order valence-corrected chi connectivity index (χ4v) is 2.44. The number of amides is 1. The van der Waals surface area contributed by atoms with Gasteiger partial charge in [-0.3, -0.25) is 4.79 Å². The lowest BCUT2D eigenvalue weighted by Crippen LogP contribution is -2.21. The van der Waals surface area contributed by atoms with Crippen LogP contribution in [0.2, 0.25) is 0 Å². The number of benzene rings is 1. The summed E-state index contributed by atoms with van der Waals surface area (Å²) in [4.78, 5) is 15.8. The third kappa shape index (κ3) is 3.48. The Kier molecular flexibility index (Phi) is 4.57. The first-order chi connectivity index (χ1) is 9.60. The number of carbonyl (C=O) groups excluding carboxylic acids is 1. The Hall–Kier alpha value is -2.08. The molecule has 0 radical (unpaired) electrons. The molecule has 0 unspecified atom stereocenters. The Morgan fingerprint density at radius 1 is 1.35 bits per heavy atom. The minimum absolute atomic E-state index is 0.0199. The predicted octanol–water partition coefficient (Wildman–Crippen LogP) is 2.64. The number of aromatic hydroxyl groups is 2. The van der Waals surface area contributed by atoms with Crippen LogP contribution in [0.15, 0.2) is 23.6 Å². The van der Waals surface area contributed by atoms with Gasteiger partial charge in [-0.1, -0.05) is 6.92 Å². The third-order valence-electron chi connectivity index (χ3n) is 2.74. The van der Waals surface area contributed by atoms with Crippen LogP contribution in [0.5, 0.6) is 11.5 Å². The second-order valence-corrected chi connectivity index (χ2v) is 5.30. The molecule has 106 valence electrons. The minimum Gasteiger partial charge on any atom is -0.504 e. The number of phenolic OH excluding ortho intramolecular Hbond substituents is 2. The number of nitrogens with one attached hydrogen (secondary N) is 1. The highest BCUT2D eigenvalue weighted by Gasteiger charge is 2.08. The Morgan fingerprint density at radius 3 is 2.85 bits per heavy atom. The molecule has 0 bridgehead atoms. The average molecular weight is 292 g/mol. The molecule has 0 atom stereocenters. The number of rotatable bonds is 5. The summed E-state index contributed by atoms with van der Waals surface area (Å²) in [5.41, 5.74) is 1.44. The minimum atomic E-state index is -0.173. The van der Waals surface area contributed by atoms with Crippen molar-refractivity contribution in [2.24, 2.45) is 0 Å². The zero-order valence-electron chi connectivity index (χ0n) is 11.1. The van der Waals surface area contributed by atoms with E-state index in [9.17, 15) is 15.0 Å². The van der Waals surface area contributed by atoms with Crippen LogP contribution in [0.1, 0.15) is 24.8 Å². The van der Waals surface area contributed by atoms with Gasteiger partial charge >= 0.3 is 0 Å². The fraction of sp³-hybridized carbons (Fsp3) is 0.286. The van der Waals surface area contributed by atoms with Gasteiger partial charge in [0.05, 0.1) is 12.2 Å². The van der Waals surface area contributed by atoms with Crippen LogP contribution in [-0.2, 0) is 11.3 Å². The number of carbonyl (C=O) groups is 1. The lowest BCUT2D eigenvalue weighted by atomic mass is 10.1. The highest BCUT2D eigenvalue weighted by molar-refractivity contribution is 7.09. The van der Waals surface area contributed by atoms with Crippen LogP contribution >= 0.6 is 11.3 Å². The van der Waals surface area contributed by atoms with E-state index in [1.54, 1.807) is 6.07 Å². The molecule has 0 saturated heterocycles. The summed E-state index contributed by atoms with van der Waals surface area (Å²) >= 11 is 1.44. The van der Waals surface area contributed by atoms with Gasteiger partial charge in [0.25, 0.3) is 0 Å². The van der Waals surface area contributed by atoms with Crippen molar-refractivity contribution in [2.45, 2.75) is 26.3 Å². The molecule has 0 aliphatic rings. The number of hydrogen-bond acceptors (Lipinski definition) is 5. The average Bonchev–Trinajstić information content (AvgIpc) is 2.89. The smallest absolute Gasteiger partial charge is 0.220 e. The molecule has 5 nitrogen and oxygen atoms in total. The standard InChI is InChI=1S/C14H16N2O3S/c1-2-3-13(19)15-7-14-16-10(8-20-14)9-4-5-11(17)12(18)6-9/h4-6,8,17-18H,2-3,7H2,1H3,(H,15,19). The SMILES string of the molecule is CCCC(=O)NCc1nc(-c2ccc(O)c(O)c2)cs1. The first kappa shape index (κ1) is 14.3. The number of phenols is 2. The summed E-state index contributed by atoms with van der Waals surface area (Å²) in [6.45, 7) is 2.37. The number of hydrogen-bond donors (Lipinski definition) is 3. The highest BCUT2D eigenvalue weighted by Crippen LogP contribution is 2.30. The van der Waals surface area contributed by atoms with E-state index in [-0.39, 0.29) is 17.4 Å². The molecule has 0 aliphatic heterocycles. The van der Waals surface area contributed by atoms with Crippen LogP contribution < -0.4 is 5.32 Å². The van der Waals surface area contributed by atoms with Crippen molar-refractivity contribution >= 4 is 17.2 Å². The molecule has 2 rings (SSSR count). The molecule has 3 N–H and O–H groups in total. The summed E-state index contributed by atoms with van der Waals surface area (Å²) in [6.07, 6.45) is 1.34. The van der Waals surface area contributed by atoms with Crippen molar-refractivity contribution in [3.8, 4) is 22.8 Å². The summed E-state index contributed by atoms with van der Waals surface area (Å²) in [6, 6.07) is 4.57. The van der Waals surface area contributed by atoms with Gasteiger partial charge in [-0.25, -0.2) is 4.98 Å². The van der Waals surface area contributed by atoms with Gasteiger partial charge in [-0.15, -0.1) is 11.3 Å². The number of nitrogens with zero attached hydrogens (tertiary/aromatic N) is 1. The van der Waals surface area contributed by atoms with E-state index in [1.165, 1.54) is 23.5 Å². The molecule has 1 aromatic carbocycles. The highest BCUT2D eigenvalue weighted by atomic mass is 32.1. The predicted molar refractivity (Wildman–Crippen MR) is 77.6 cm³/mol. The Balaban J connectivity index is 2.05. The Morgan fingerprint density at radius 2 is 2.15 bits per heavy atom. The number of thiazole rings is 1. The van der Waals surface area contributed by atoms with Gasteiger partial charge in [0.1, 0.15) is 5.01 Å². The van der Waals surface area contributed by atoms with Gasteiger partial charge in [0, 0.05) is 17.4 Å². The summed E-state index contributed by atoms with van der Waals surface area (Å²) < 4.78 is 0. The van der Waals surface area contributed by atoms with E-state index in [2.05, 4.69) is 10.3 Å². The molecule has 1 aromatic heterocycles. The van der Waals surface area contributed by atoms with Gasteiger partial charge < -0.3 is 15.5 Å². The molecular formula is C14H16N2O3S. The second-order valence-electron chi connectivity index (χ2n) is 4.36. The van der Waals surface area contributed by atoms with Crippen LogP contribution in [0.4, 0.5) is 0 Å². The monoisotopic (exact) mass is 292 g/mol. The lowest BCUT2D eigenvalue weighted by molar-refractivity contribution is -0.121. The fourth-order valence-electron chi connectivity index (χ4n) is 1.70. The molecule has 0 aliphatic carbocycles. The lowest BCUT2D eigenvalue weighted by Gasteiger charge is -2.01. The maximum Gasteiger partial charge on any atom is 0.220 e. The number of aromatic nitrogens is 1. The van der Waals surface area contributed by atoms with Crippen LogP contribution in [0.25, 0.3) is 11.3 Å². The molecule has 0 saturated carbocycles. The molecule has 2 aromatic rings. The van der Waals surface area contributed by atoms with Crippen molar-refractivity contribution in [1.82, 2.24) is 10.3 Å². The molecule has 6 heteroatoms. The van der Waals surface area contributed by atoms with E-state index in [0.717, 1.165) is 17.0 Å². The summed E-state index contributed by atoms with van der Waals surface area (Å²) in [5, 5.41) is 24.2. The van der Waals surface area contributed by atoms with Gasteiger partial charge in [0.15, 0.2) is 11.5 Å². The van der Waals surface area contributed by atoms with Crippen molar-refractivity contribution < 1.29 is 15.0 Å². The topological polar surface area (TPSA) is 82.5 Å². The molecule has 1 amide bonds. The van der Waals surface area contributed by atoms with E-state index in [1.807, 2.05) is 12.3 Å². The van der Waals surface area contributed by atoms with E-state index in [0.29, 0.717) is 18.7 Å². The summed E-state index contributed by atoms with van der Waals surface area (Å²) in [5.74, 6) is -0.309. The maximum atomic E-state index is 11.4. The van der Waals surface area contributed by atoms with Crippen LogP contribution in [-0.4, -0.2) is 21.1 Å². The second kappa shape index (κ2) is 6.38. The van der Waals surface area contributed by atoms with Gasteiger partial charge in [-0.2, -0.15) is 0 Å². The first-order valence-corrected chi connectivity index (χ1v) is 7.21. The van der Waals surface area contributed by atoms with E-state index in [4.69, 9.17) is 0 Å². The molecule has 20 heavy (non-hydrogen) atoms. The van der Waals surface area contributed by atoms with Crippen molar-refractivity contribution in [3.05, 3.63) is 28.6 Å². The van der Waals surface area contributed by atoms with E-state index < -0.39 is 0 Å². The van der Waals surface area contributed by atoms with E-state index >= 15 is 0 Å².